The highest BCUT2D eigenvalue weighted by molar-refractivity contribution is 5.93. The number of anilines is 3. The van der Waals surface area contributed by atoms with Crippen molar-refractivity contribution in [2.45, 2.75) is 39.0 Å². The molecule has 26 heavy (non-hydrogen) atoms. The summed E-state index contributed by atoms with van der Waals surface area (Å²) in [6.45, 7) is 5.08. The van der Waals surface area contributed by atoms with Crippen LogP contribution in [0.3, 0.4) is 0 Å². The molecule has 5 nitrogen and oxygen atoms in total. The summed E-state index contributed by atoms with van der Waals surface area (Å²) < 4.78 is 0. The smallest absolute Gasteiger partial charge is 0.269 e. The lowest BCUT2D eigenvalue weighted by Crippen LogP contribution is -2.29. The van der Waals surface area contributed by atoms with E-state index in [4.69, 9.17) is 0 Å². The SMILES string of the molecule is CCCCNC(=O)c1cc(Nc2ccc(N3CCCCC3)cc2)ccn1. The molecule has 1 aromatic carbocycles. The zero-order valence-corrected chi connectivity index (χ0v) is 15.5. The summed E-state index contributed by atoms with van der Waals surface area (Å²) in [6.07, 6.45) is 7.60. The van der Waals surface area contributed by atoms with Crippen molar-refractivity contribution in [2.24, 2.45) is 0 Å². The van der Waals surface area contributed by atoms with Gasteiger partial charge >= 0.3 is 0 Å². The van der Waals surface area contributed by atoms with Crippen molar-refractivity contribution in [3.63, 3.8) is 0 Å². The van der Waals surface area contributed by atoms with Crippen LogP contribution in [-0.2, 0) is 0 Å². The average Bonchev–Trinajstić information content (AvgIpc) is 2.69. The summed E-state index contributed by atoms with van der Waals surface area (Å²) in [5.74, 6) is -0.123. The second kappa shape index (κ2) is 9.22. The topological polar surface area (TPSA) is 57.3 Å². The maximum atomic E-state index is 12.1. The Balaban J connectivity index is 1.61. The van der Waals surface area contributed by atoms with Crippen LogP contribution in [-0.4, -0.2) is 30.5 Å². The van der Waals surface area contributed by atoms with Crippen molar-refractivity contribution in [3.8, 4) is 0 Å². The van der Waals surface area contributed by atoms with Gasteiger partial charge in [0.05, 0.1) is 0 Å². The van der Waals surface area contributed by atoms with Crippen LogP contribution in [0.25, 0.3) is 0 Å². The van der Waals surface area contributed by atoms with Crippen molar-refractivity contribution in [1.82, 2.24) is 10.3 Å². The van der Waals surface area contributed by atoms with Crippen molar-refractivity contribution in [1.29, 1.82) is 0 Å². The van der Waals surface area contributed by atoms with Gasteiger partial charge in [-0.1, -0.05) is 13.3 Å². The van der Waals surface area contributed by atoms with Gasteiger partial charge in [0.15, 0.2) is 0 Å². The molecule has 2 heterocycles. The maximum absolute atomic E-state index is 12.1. The molecule has 0 unspecified atom stereocenters. The van der Waals surface area contributed by atoms with Crippen LogP contribution < -0.4 is 15.5 Å². The number of aromatic nitrogens is 1. The van der Waals surface area contributed by atoms with E-state index in [-0.39, 0.29) is 5.91 Å². The predicted octanol–water partition coefficient (Wildman–Crippen LogP) is 4.35. The molecule has 2 aromatic rings. The fourth-order valence-electron chi connectivity index (χ4n) is 3.18. The summed E-state index contributed by atoms with van der Waals surface area (Å²) in [5, 5.41) is 6.26. The largest absolute Gasteiger partial charge is 0.372 e. The van der Waals surface area contributed by atoms with E-state index in [0.717, 1.165) is 37.3 Å². The molecule has 0 saturated carbocycles. The first-order valence-corrected chi connectivity index (χ1v) is 9.62. The normalized spacial score (nSPS) is 14.1. The first kappa shape index (κ1) is 18.2. The summed E-state index contributed by atoms with van der Waals surface area (Å²) in [4.78, 5) is 18.8. The molecular formula is C21H28N4O. The minimum atomic E-state index is -0.123. The van der Waals surface area contributed by atoms with Gasteiger partial charge in [-0.3, -0.25) is 9.78 Å². The maximum Gasteiger partial charge on any atom is 0.269 e. The molecule has 0 atom stereocenters. The zero-order valence-electron chi connectivity index (χ0n) is 15.5. The molecule has 1 aliphatic heterocycles. The molecule has 5 heteroatoms. The molecule has 2 N–H and O–H groups in total. The van der Waals surface area contributed by atoms with Gasteiger partial charge in [0, 0.05) is 42.9 Å². The molecular weight excluding hydrogens is 324 g/mol. The molecule has 138 valence electrons. The van der Waals surface area contributed by atoms with Crippen LogP contribution in [0.4, 0.5) is 17.1 Å². The van der Waals surface area contributed by atoms with E-state index < -0.39 is 0 Å². The molecule has 0 radical (unpaired) electrons. The minimum absolute atomic E-state index is 0.123. The van der Waals surface area contributed by atoms with Gasteiger partial charge in [0.25, 0.3) is 5.91 Å². The van der Waals surface area contributed by atoms with Gasteiger partial charge in [-0.05, 0) is 62.1 Å². The van der Waals surface area contributed by atoms with Crippen LogP contribution >= 0.6 is 0 Å². The molecule has 3 rings (SSSR count). The number of carbonyl (C=O) groups excluding carboxylic acids is 1. The van der Waals surface area contributed by atoms with Gasteiger partial charge in [-0.15, -0.1) is 0 Å². The third kappa shape index (κ3) is 4.97. The molecule has 1 amide bonds. The molecule has 1 fully saturated rings. The third-order valence-electron chi connectivity index (χ3n) is 4.69. The number of hydrogen-bond donors (Lipinski definition) is 2. The highest BCUT2D eigenvalue weighted by Crippen LogP contribution is 2.23. The number of carbonyl (C=O) groups is 1. The van der Waals surface area contributed by atoms with E-state index in [2.05, 4.69) is 51.7 Å². The molecule has 0 bridgehead atoms. The monoisotopic (exact) mass is 352 g/mol. The Morgan fingerprint density at radius 3 is 2.58 bits per heavy atom. The first-order valence-electron chi connectivity index (χ1n) is 9.62. The van der Waals surface area contributed by atoms with Crippen LogP contribution in [0.5, 0.6) is 0 Å². The Bertz CT molecular complexity index is 708. The number of rotatable bonds is 7. The second-order valence-electron chi connectivity index (χ2n) is 6.76. The number of unbranched alkanes of at least 4 members (excludes halogenated alkanes) is 1. The van der Waals surface area contributed by atoms with Crippen LogP contribution in [0.2, 0.25) is 0 Å². The van der Waals surface area contributed by atoms with Crippen molar-refractivity contribution >= 4 is 23.0 Å². The third-order valence-corrected chi connectivity index (χ3v) is 4.69. The summed E-state index contributed by atoms with van der Waals surface area (Å²) in [7, 11) is 0. The number of amides is 1. The fourth-order valence-corrected chi connectivity index (χ4v) is 3.18. The Morgan fingerprint density at radius 1 is 1.08 bits per heavy atom. The van der Waals surface area contributed by atoms with E-state index in [1.807, 2.05) is 6.07 Å². The number of pyridine rings is 1. The van der Waals surface area contributed by atoms with Gasteiger partial charge < -0.3 is 15.5 Å². The lowest BCUT2D eigenvalue weighted by molar-refractivity contribution is 0.0948. The van der Waals surface area contributed by atoms with Gasteiger partial charge in [-0.2, -0.15) is 0 Å². The fraction of sp³-hybridized carbons (Fsp3) is 0.429. The Kier molecular flexibility index (Phi) is 6.47. The van der Waals surface area contributed by atoms with Crippen molar-refractivity contribution in [3.05, 3.63) is 48.3 Å². The van der Waals surface area contributed by atoms with E-state index in [0.29, 0.717) is 12.2 Å². The second-order valence-corrected chi connectivity index (χ2v) is 6.76. The number of nitrogens with zero attached hydrogens (tertiary/aromatic N) is 2. The number of hydrogen-bond acceptors (Lipinski definition) is 4. The molecule has 0 aliphatic carbocycles. The molecule has 1 aromatic heterocycles. The van der Waals surface area contributed by atoms with Crippen molar-refractivity contribution in [2.75, 3.05) is 29.9 Å². The lowest BCUT2D eigenvalue weighted by atomic mass is 10.1. The van der Waals surface area contributed by atoms with E-state index >= 15 is 0 Å². The summed E-state index contributed by atoms with van der Waals surface area (Å²) >= 11 is 0. The average molecular weight is 352 g/mol. The Morgan fingerprint density at radius 2 is 1.85 bits per heavy atom. The first-order chi connectivity index (χ1) is 12.8. The van der Waals surface area contributed by atoms with E-state index in [9.17, 15) is 4.79 Å². The van der Waals surface area contributed by atoms with Crippen LogP contribution in [0, 0.1) is 0 Å². The predicted molar refractivity (Wildman–Crippen MR) is 107 cm³/mol. The highest BCUT2D eigenvalue weighted by atomic mass is 16.1. The number of nitrogens with one attached hydrogen (secondary N) is 2. The van der Waals surface area contributed by atoms with Crippen LogP contribution in [0.1, 0.15) is 49.5 Å². The minimum Gasteiger partial charge on any atom is -0.372 e. The van der Waals surface area contributed by atoms with Crippen LogP contribution in [0.15, 0.2) is 42.6 Å². The zero-order chi connectivity index (χ0) is 18.2. The highest BCUT2D eigenvalue weighted by Gasteiger charge is 2.11. The quantitative estimate of drug-likeness (QED) is 0.728. The summed E-state index contributed by atoms with van der Waals surface area (Å²) in [5.41, 5.74) is 3.60. The number of benzene rings is 1. The Labute approximate surface area is 155 Å². The van der Waals surface area contributed by atoms with Gasteiger partial charge in [0.2, 0.25) is 0 Å². The van der Waals surface area contributed by atoms with Gasteiger partial charge in [0.1, 0.15) is 5.69 Å². The Hall–Kier alpha value is -2.56. The summed E-state index contributed by atoms with van der Waals surface area (Å²) in [6, 6.07) is 12.2. The van der Waals surface area contributed by atoms with Crippen molar-refractivity contribution < 1.29 is 4.79 Å². The van der Waals surface area contributed by atoms with E-state index in [1.165, 1.54) is 24.9 Å². The lowest BCUT2D eigenvalue weighted by Gasteiger charge is -2.28. The van der Waals surface area contributed by atoms with Gasteiger partial charge in [-0.25, -0.2) is 0 Å². The standard InChI is InChI=1S/C21H28N4O/c1-2-3-12-23-21(26)20-16-18(11-13-22-20)24-17-7-9-19(10-8-17)25-14-5-4-6-15-25/h7-11,13,16H,2-6,12,14-15H2,1H3,(H,22,24)(H,23,26). The number of piperidine rings is 1. The molecule has 1 aliphatic rings. The van der Waals surface area contributed by atoms with E-state index in [1.54, 1.807) is 12.3 Å². The molecule has 1 saturated heterocycles. The molecule has 0 spiro atoms.